The van der Waals surface area contributed by atoms with Crippen molar-refractivity contribution in [2.45, 2.75) is 13.8 Å². The molecule has 0 radical (unpaired) electrons. The number of alkyl halides is 1. The van der Waals surface area contributed by atoms with Gasteiger partial charge in [0.05, 0.1) is 26.0 Å². The maximum Gasteiger partial charge on any atom is 0.151 e. The number of nitrogens with zero attached hydrogens (tertiary/aromatic N) is 4. The normalized spacial score (nSPS) is 14.4. The Morgan fingerprint density at radius 3 is 2.60 bits per heavy atom. The lowest BCUT2D eigenvalue weighted by Gasteiger charge is -2.28. The molecule has 3 aromatic rings. The molecule has 0 saturated carbocycles. The summed E-state index contributed by atoms with van der Waals surface area (Å²) in [6, 6.07) is 19.5. The fourth-order valence-electron chi connectivity index (χ4n) is 4.38. The van der Waals surface area contributed by atoms with Crippen LogP contribution < -0.4 is 10.7 Å². The van der Waals surface area contributed by atoms with Crippen molar-refractivity contribution in [2.24, 2.45) is 15.1 Å². The zero-order valence-electron chi connectivity index (χ0n) is 22.9. The summed E-state index contributed by atoms with van der Waals surface area (Å²) in [5.41, 5.74) is 9.94. The van der Waals surface area contributed by atoms with E-state index in [-0.39, 0.29) is 12.3 Å². The zero-order valence-corrected chi connectivity index (χ0v) is 22.9. The number of aryl methyl sites for hydroxylation is 2. The number of hydrogen-bond donors (Lipinski definition) is 3. The van der Waals surface area contributed by atoms with Gasteiger partial charge in [-0.2, -0.15) is 5.10 Å². The first kappa shape index (κ1) is 28.5. The van der Waals surface area contributed by atoms with Crippen LogP contribution in [0.3, 0.4) is 0 Å². The van der Waals surface area contributed by atoms with Gasteiger partial charge in [0.15, 0.2) is 5.84 Å². The lowest BCUT2D eigenvalue weighted by Crippen LogP contribution is -2.42. The number of nitrogens with one attached hydrogen (secondary N) is 2. The van der Waals surface area contributed by atoms with E-state index in [1.165, 1.54) is 6.20 Å². The highest BCUT2D eigenvalue weighted by Gasteiger charge is 2.15. The van der Waals surface area contributed by atoms with E-state index in [0.29, 0.717) is 38.0 Å². The van der Waals surface area contributed by atoms with Gasteiger partial charge in [-0.1, -0.05) is 30.8 Å². The Labute approximate surface area is 234 Å². The smallest absolute Gasteiger partial charge is 0.151 e. The standard InChI is InChI=1S/C31H35FN6O2/c1-4-33-30(37-31(19-32)38-10-12-40-13-11-38)21-35-34-20-25-8-9-27(16-23(25)3)36-28-15-22(2)14-26(17-28)24-6-5-7-29(39)18-24/h4-9,14-18,20,35-36,39H,1,10-13,19,21H2,2-3H3/b33-30?,34-20+,37-31?. The third kappa shape index (κ3) is 8.00. The number of anilines is 2. The number of rotatable bonds is 9. The third-order valence-corrected chi connectivity index (χ3v) is 6.34. The molecular formula is C31H35FN6O2. The van der Waals surface area contributed by atoms with Gasteiger partial charge in [-0.25, -0.2) is 14.4 Å². The topological polar surface area (TPSA) is 93.8 Å². The summed E-state index contributed by atoms with van der Waals surface area (Å²) in [5, 5.41) is 17.7. The maximum atomic E-state index is 13.6. The molecule has 4 rings (SSSR count). The van der Waals surface area contributed by atoms with Crippen molar-refractivity contribution in [2.75, 3.05) is 44.8 Å². The van der Waals surface area contributed by atoms with Gasteiger partial charge >= 0.3 is 0 Å². The molecule has 1 saturated heterocycles. The Morgan fingerprint density at radius 1 is 1.05 bits per heavy atom. The third-order valence-electron chi connectivity index (χ3n) is 6.34. The van der Waals surface area contributed by atoms with E-state index in [1.54, 1.807) is 18.3 Å². The van der Waals surface area contributed by atoms with Crippen LogP contribution in [0.2, 0.25) is 0 Å². The molecule has 208 valence electrons. The molecule has 3 N–H and O–H groups in total. The number of amidine groups is 2. The average Bonchev–Trinajstić information content (AvgIpc) is 2.95. The number of morpholine rings is 1. The fourth-order valence-corrected chi connectivity index (χ4v) is 4.38. The van der Waals surface area contributed by atoms with E-state index in [0.717, 1.165) is 39.2 Å². The molecule has 1 aliphatic rings. The molecule has 1 heterocycles. The lowest BCUT2D eigenvalue weighted by molar-refractivity contribution is 0.0668. The fraction of sp³-hybridized carbons (Fsp3) is 0.258. The second-order valence-corrected chi connectivity index (χ2v) is 9.42. The minimum absolute atomic E-state index is 0.226. The van der Waals surface area contributed by atoms with Crippen LogP contribution in [0.4, 0.5) is 15.8 Å². The van der Waals surface area contributed by atoms with E-state index in [4.69, 9.17) is 4.74 Å². The van der Waals surface area contributed by atoms with Crippen LogP contribution in [0.15, 0.2) is 88.5 Å². The Balaban J connectivity index is 1.39. The summed E-state index contributed by atoms with van der Waals surface area (Å²) in [4.78, 5) is 10.4. The van der Waals surface area contributed by atoms with Crippen molar-refractivity contribution in [3.05, 3.63) is 90.1 Å². The van der Waals surface area contributed by atoms with Gasteiger partial charge in [0.25, 0.3) is 0 Å². The number of hydrogen-bond acceptors (Lipinski definition) is 6. The molecule has 0 atom stereocenters. The number of benzene rings is 3. The zero-order chi connectivity index (χ0) is 28.3. The van der Waals surface area contributed by atoms with Crippen LogP contribution in [0.1, 0.15) is 16.7 Å². The minimum atomic E-state index is -0.682. The maximum absolute atomic E-state index is 13.6. The Bertz CT molecular complexity index is 1410. The molecule has 1 aliphatic heterocycles. The second kappa shape index (κ2) is 14.0. The van der Waals surface area contributed by atoms with E-state index < -0.39 is 6.67 Å². The van der Waals surface area contributed by atoms with Gasteiger partial charge in [0.2, 0.25) is 0 Å². The predicted molar refractivity (Wildman–Crippen MR) is 162 cm³/mol. The summed E-state index contributed by atoms with van der Waals surface area (Å²) in [6.45, 7) is 9.55. The number of aromatic hydroxyl groups is 1. The van der Waals surface area contributed by atoms with Crippen molar-refractivity contribution in [1.82, 2.24) is 10.3 Å². The van der Waals surface area contributed by atoms with Gasteiger partial charge in [-0.05, 0) is 78.1 Å². The van der Waals surface area contributed by atoms with Gasteiger partial charge < -0.3 is 25.5 Å². The van der Waals surface area contributed by atoms with Crippen molar-refractivity contribution >= 4 is 29.3 Å². The first-order valence-electron chi connectivity index (χ1n) is 13.1. The molecule has 9 heteroatoms. The van der Waals surface area contributed by atoms with Crippen molar-refractivity contribution in [3.8, 4) is 16.9 Å². The quantitative estimate of drug-likeness (QED) is 0.186. The van der Waals surface area contributed by atoms with E-state index in [2.05, 4.69) is 56.7 Å². The minimum Gasteiger partial charge on any atom is -0.508 e. The van der Waals surface area contributed by atoms with E-state index >= 15 is 0 Å². The second-order valence-electron chi connectivity index (χ2n) is 9.42. The summed E-state index contributed by atoms with van der Waals surface area (Å²) in [7, 11) is 0. The first-order chi connectivity index (χ1) is 19.4. The van der Waals surface area contributed by atoms with Gasteiger partial charge in [0, 0.05) is 30.7 Å². The van der Waals surface area contributed by atoms with Gasteiger partial charge in [0.1, 0.15) is 18.3 Å². The van der Waals surface area contributed by atoms with E-state index in [9.17, 15) is 9.50 Å². The van der Waals surface area contributed by atoms with Gasteiger partial charge in [-0.3, -0.25) is 0 Å². The highest BCUT2D eigenvalue weighted by Crippen LogP contribution is 2.29. The first-order valence-corrected chi connectivity index (χ1v) is 13.1. The molecular weight excluding hydrogens is 507 g/mol. The van der Waals surface area contributed by atoms with Crippen molar-refractivity contribution in [1.29, 1.82) is 0 Å². The van der Waals surface area contributed by atoms with Gasteiger partial charge in [-0.15, -0.1) is 0 Å². The SMILES string of the molecule is C=CN=C(CN/N=C/c1ccc(Nc2cc(C)cc(-c3cccc(O)c3)c2)cc1C)N=C(CF)N1CCOCC1. The molecule has 0 unspecified atom stereocenters. The highest BCUT2D eigenvalue weighted by molar-refractivity contribution is 5.98. The molecule has 40 heavy (non-hydrogen) atoms. The number of halogens is 1. The van der Waals surface area contributed by atoms with Crippen LogP contribution in [0.5, 0.6) is 5.75 Å². The number of phenols is 1. The van der Waals surface area contributed by atoms with E-state index in [1.807, 2.05) is 43.0 Å². The molecule has 0 spiro atoms. The number of phenolic OH excluding ortho intramolecular Hbond substituents is 1. The predicted octanol–water partition coefficient (Wildman–Crippen LogP) is 5.59. The van der Waals surface area contributed by atoms with Crippen LogP contribution in [0.25, 0.3) is 11.1 Å². The van der Waals surface area contributed by atoms with Crippen LogP contribution in [0, 0.1) is 13.8 Å². The number of aliphatic imine (C=N–C) groups is 2. The lowest BCUT2D eigenvalue weighted by atomic mass is 10.0. The summed E-state index contributed by atoms with van der Waals surface area (Å²) >= 11 is 0. The number of hydrazone groups is 1. The largest absolute Gasteiger partial charge is 0.508 e. The molecule has 1 fully saturated rings. The average molecular weight is 543 g/mol. The molecule has 0 aromatic heterocycles. The van der Waals surface area contributed by atoms with Crippen molar-refractivity contribution in [3.63, 3.8) is 0 Å². The summed E-state index contributed by atoms with van der Waals surface area (Å²) in [6.07, 6.45) is 3.12. The molecule has 0 bridgehead atoms. The molecule has 8 nitrogen and oxygen atoms in total. The summed E-state index contributed by atoms with van der Waals surface area (Å²) in [5.74, 6) is 0.965. The number of ether oxygens (including phenoxy) is 1. The molecule has 3 aromatic carbocycles. The summed E-state index contributed by atoms with van der Waals surface area (Å²) < 4.78 is 19.0. The monoisotopic (exact) mass is 542 g/mol. The Kier molecular flexibility index (Phi) is 10.0. The van der Waals surface area contributed by atoms with Crippen molar-refractivity contribution < 1.29 is 14.2 Å². The van der Waals surface area contributed by atoms with Crippen LogP contribution in [-0.2, 0) is 4.74 Å². The molecule has 0 amide bonds. The highest BCUT2D eigenvalue weighted by atomic mass is 19.1. The van der Waals surface area contributed by atoms with Crippen LogP contribution in [-0.4, -0.2) is 67.4 Å². The van der Waals surface area contributed by atoms with Crippen LogP contribution >= 0.6 is 0 Å². The Hall–Kier alpha value is -4.50. The molecule has 0 aliphatic carbocycles. The Morgan fingerprint density at radius 2 is 1.88 bits per heavy atom.